The molecule has 9 heteroatoms. The molecule has 1 saturated heterocycles. The fourth-order valence-electron chi connectivity index (χ4n) is 3.65. The maximum absolute atomic E-state index is 12.5. The summed E-state index contributed by atoms with van der Waals surface area (Å²) in [6.45, 7) is 5.93. The number of aryl methyl sites for hydroxylation is 2. The topological polar surface area (TPSA) is 79.0 Å². The summed E-state index contributed by atoms with van der Waals surface area (Å²) in [6, 6.07) is 10.7. The molecule has 0 aromatic heterocycles. The highest BCUT2D eigenvalue weighted by Gasteiger charge is 2.23. The number of hydrogen-bond donors (Lipinski definition) is 1. The molecule has 176 valence electrons. The Morgan fingerprint density at radius 2 is 1.67 bits per heavy atom. The van der Waals surface area contributed by atoms with Gasteiger partial charge in [0, 0.05) is 41.9 Å². The molecule has 3 rings (SSSR count). The van der Waals surface area contributed by atoms with Gasteiger partial charge in [-0.1, -0.05) is 47.5 Å². The van der Waals surface area contributed by atoms with Crippen LogP contribution < -0.4 is 5.32 Å². The molecule has 2 aromatic carbocycles. The molecule has 0 unspecified atom stereocenters. The standard InChI is InChI=1S/C24H27Cl2N3O4/c1-16-4-3-5-17(2)24(16)27-21(30)14-28-8-10-29(11-9-28)22(31)15-33-23(32)12-18-6-7-19(25)13-20(18)26/h3-7,13H,8-12,14-15H2,1-2H3,(H,27,30). The van der Waals surface area contributed by atoms with Crippen molar-refractivity contribution >= 4 is 46.7 Å². The van der Waals surface area contributed by atoms with E-state index in [1.165, 1.54) is 0 Å². The molecule has 1 heterocycles. The Bertz CT molecular complexity index is 1020. The molecule has 0 spiro atoms. The Kier molecular flexibility index (Phi) is 8.72. The first-order valence-electron chi connectivity index (χ1n) is 10.7. The van der Waals surface area contributed by atoms with Gasteiger partial charge in [-0.15, -0.1) is 0 Å². The summed E-state index contributed by atoms with van der Waals surface area (Å²) in [4.78, 5) is 40.6. The van der Waals surface area contributed by atoms with Gasteiger partial charge in [0.1, 0.15) is 0 Å². The van der Waals surface area contributed by atoms with E-state index in [4.69, 9.17) is 27.9 Å². The number of carbonyl (C=O) groups excluding carboxylic acids is 3. The molecule has 0 aliphatic carbocycles. The number of esters is 1. The molecule has 2 amide bonds. The van der Waals surface area contributed by atoms with Crippen molar-refractivity contribution in [2.75, 3.05) is 44.6 Å². The van der Waals surface area contributed by atoms with Gasteiger partial charge in [-0.3, -0.25) is 19.3 Å². The van der Waals surface area contributed by atoms with Crippen molar-refractivity contribution in [1.29, 1.82) is 0 Å². The highest BCUT2D eigenvalue weighted by molar-refractivity contribution is 6.35. The molecule has 1 aliphatic rings. The fraction of sp³-hybridized carbons (Fsp3) is 0.375. The summed E-state index contributed by atoms with van der Waals surface area (Å²) < 4.78 is 5.13. The number of hydrogen-bond acceptors (Lipinski definition) is 5. The number of halogens is 2. The summed E-state index contributed by atoms with van der Waals surface area (Å²) in [7, 11) is 0. The summed E-state index contributed by atoms with van der Waals surface area (Å²) in [6.07, 6.45) is -0.0352. The summed E-state index contributed by atoms with van der Waals surface area (Å²) in [5.74, 6) is -0.874. The molecular formula is C24H27Cl2N3O4. The minimum atomic E-state index is -0.533. The van der Waals surface area contributed by atoms with Crippen LogP contribution in [0.4, 0.5) is 5.69 Å². The van der Waals surface area contributed by atoms with E-state index in [-0.39, 0.29) is 31.4 Å². The lowest BCUT2D eigenvalue weighted by atomic mass is 10.1. The summed E-state index contributed by atoms with van der Waals surface area (Å²) in [5.41, 5.74) is 3.47. The second-order valence-corrected chi connectivity index (χ2v) is 8.89. The van der Waals surface area contributed by atoms with Gasteiger partial charge in [0.15, 0.2) is 6.61 Å². The average Bonchev–Trinajstić information content (AvgIpc) is 2.77. The van der Waals surface area contributed by atoms with E-state index in [2.05, 4.69) is 5.32 Å². The van der Waals surface area contributed by atoms with Gasteiger partial charge in [0.25, 0.3) is 5.91 Å². The van der Waals surface area contributed by atoms with E-state index < -0.39 is 5.97 Å². The molecule has 0 atom stereocenters. The third kappa shape index (κ3) is 7.19. The zero-order valence-corrected chi connectivity index (χ0v) is 20.2. The minimum absolute atomic E-state index is 0.0352. The smallest absolute Gasteiger partial charge is 0.310 e. The van der Waals surface area contributed by atoms with Crippen LogP contribution in [0.5, 0.6) is 0 Å². The van der Waals surface area contributed by atoms with Crippen LogP contribution in [0.2, 0.25) is 10.0 Å². The number of piperazine rings is 1. The maximum Gasteiger partial charge on any atom is 0.310 e. The molecule has 1 N–H and O–H groups in total. The highest BCUT2D eigenvalue weighted by Crippen LogP contribution is 2.22. The van der Waals surface area contributed by atoms with Crippen molar-refractivity contribution in [3.63, 3.8) is 0 Å². The van der Waals surface area contributed by atoms with E-state index in [0.717, 1.165) is 16.8 Å². The Morgan fingerprint density at radius 3 is 2.30 bits per heavy atom. The quantitative estimate of drug-likeness (QED) is 0.599. The summed E-state index contributed by atoms with van der Waals surface area (Å²) in [5, 5.41) is 3.84. The number of carbonyl (C=O) groups is 3. The van der Waals surface area contributed by atoms with Crippen molar-refractivity contribution in [1.82, 2.24) is 9.80 Å². The second kappa shape index (κ2) is 11.5. The van der Waals surface area contributed by atoms with E-state index in [1.807, 2.05) is 36.9 Å². The minimum Gasteiger partial charge on any atom is -0.455 e. The van der Waals surface area contributed by atoms with Gasteiger partial charge in [0.2, 0.25) is 5.91 Å². The Hall–Kier alpha value is -2.61. The van der Waals surface area contributed by atoms with Crippen LogP contribution in [0.1, 0.15) is 16.7 Å². The third-order valence-electron chi connectivity index (χ3n) is 5.54. The number of nitrogens with one attached hydrogen (secondary N) is 1. The predicted octanol–water partition coefficient (Wildman–Crippen LogP) is 3.48. The van der Waals surface area contributed by atoms with Crippen molar-refractivity contribution in [3.05, 3.63) is 63.1 Å². The maximum atomic E-state index is 12.5. The van der Waals surface area contributed by atoms with Gasteiger partial charge in [-0.25, -0.2) is 0 Å². The zero-order chi connectivity index (χ0) is 24.0. The van der Waals surface area contributed by atoms with Crippen LogP contribution in [-0.4, -0.2) is 66.9 Å². The lowest BCUT2D eigenvalue weighted by Gasteiger charge is -2.34. The van der Waals surface area contributed by atoms with E-state index in [0.29, 0.717) is 41.8 Å². The monoisotopic (exact) mass is 491 g/mol. The SMILES string of the molecule is Cc1cccc(C)c1NC(=O)CN1CCN(C(=O)COC(=O)Cc2ccc(Cl)cc2Cl)CC1. The number of benzene rings is 2. The number of anilines is 1. The van der Waals surface area contributed by atoms with Gasteiger partial charge in [-0.05, 0) is 42.7 Å². The number of para-hydroxylation sites is 1. The van der Waals surface area contributed by atoms with Crippen LogP contribution in [0.15, 0.2) is 36.4 Å². The molecular weight excluding hydrogens is 465 g/mol. The Labute approximate surface area is 203 Å². The summed E-state index contributed by atoms with van der Waals surface area (Å²) >= 11 is 11.9. The number of rotatable bonds is 7. The second-order valence-electron chi connectivity index (χ2n) is 8.05. The van der Waals surface area contributed by atoms with E-state index in [9.17, 15) is 14.4 Å². The number of amides is 2. The lowest BCUT2D eigenvalue weighted by Crippen LogP contribution is -2.51. The normalized spacial score (nSPS) is 14.1. The lowest BCUT2D eigenvalue weighted by molar-refractivity contribution is -0.152. The van der Waals surface area contributed by atoms with Crippen LogP contribution in [-0.2, 0) is 25.5 Å². The Morgan fingerprint density at radius 1 is 1.00 bits per heavy atom. The predicted molar refractivity (Wildman–Crippen MR) is 129 cm³/mol. The fourth-order valence-corrected chi connectivity index (χ4v) is 4.13. The van der Waals surface area contributed by atoms with E-state index >= 15 is 0 Å². The molecule has 0 bridgehead atoms. The molecule has 1 fully saturated rings. The van der Waals surface area contributed by atoms with Crippen LogP contribution >= 0.6 is 23.2 Å². The van der Waals surface area contributed by atoms with Gasteiger partial charge >= 0.3 is 5.97 Å². The first-order valence-corrected chi connectivity index (χ1v) is 11.4. The van der Waals surface area contributed by atoms with Crippen molar-refractivity contribution in [2.24, 2.45) is 0 Å². The first-order chi connectivity index (χ1) is 15.7. The van der Waals surface area contributed by atoms with Crippen molar-refractivity contribution in [2.45, 2.75) is 20.3 Å². The molecule has 33 heavy (non-hydrogen) atoms. The van der Waals surface area contributed by atoms with Crippen LogP contribution in [0, 0.1) is 13.8 Å². The van der Waals surface area contributed by atoms with E-state index in [1.54, 1.807) is 23.1 Å². The zero-order valence-electron chi connectivity index (χ0n) is 18.7. The van der Waals surface area contributed by atoms with Crippen LogP contribution in [0.3, 0.4) is 0 Å². The average molecular weight is 492 g/mol. The van der Waals surface area contributed by atoms with Crippen molar-refractivity contribution in [3.8, 4) is 0 Å². The van der Waals surface area contributed by atoms with Gasteiger partial charge < -0.3 is 15.0 Å². The number of nitrogens with zero attached hydrogens (tertiary/aromatic N) is 2. The van der Waals surface area contributed by atoms with Gasteiger partial charge in [0.05, 0.1) is 13.0 Å². The molecule has 1 aliphatic heterocycles. The van der Waals surface area contributed by atoms with Crippen molar-refractivity contribution < 1.29 is 19.1 Å². The van der Waals surface area contributed by atoms with Crippen LogP contribution in [0.25, 0.3) is 0 Å². The number of ether oxygens (including phenoxy) is 1. The molecule has 0 radical (unpaired) electrons. The Balaban J connectivity index is 1.39. The highest BCUT2D eigenvalue weighted by atomic mass is 35.5. The largest absolute Gasteiger partial charge is 0.455 e. The molecule has 2 aromatic rings. The third-order valence-corrected chi connectivity index (χ3v) is 6.13. The molecule has 7 nitrogen and oxygen atoms in total. The van der Waals surface area contributed by atoms with Gasteiger partial charge in [-0.2, -0.15) is 0 Å². The first kappa shape index (κ1) is 25.0. The molecule has 0 saturated carbocycles.